The van der Waals surface area contributed by atoms with Gasteiger partial charge in [0.1, 0.15) is 5.82 Å². The highest BCUT2D eigenvalue weighted by Gasteiger charge is 2.09. The van der Waals surface area contributed by atoms with Crippen molar-refractivity contribution in [1.29, 1.82) is 0 Å². The van der Waals surface area contributed by atoms with Gasteiger partial charge in [-0.25, -0.2) is 4.39 Å². The van der Waals surface area contributed by atoms with Gasteiger partial charge in [-0.15, -0.1) is 0 Å². The molecule has 1 unspecified atom stereocenters. The summed E-state index contributed by atoms with van der Waals surface area (Å²) in [6, 6.07) is 13.4. The Morgan fingerprint density at radius 2 is 1.90 bits per heavy atom. The third-order valence-electron chi connectivity index (χ3n) is 3.48. The lowest BCUT2D eigenvalue weighted by Crippen LogP contribution is -2.28. The number of halogens is 2. The number of hydrogen-bond acceptors (Lipinski definition) is 1. The number of hydrogen-bond donors (Lipinski definition) is 1. The van der Waals surface area contributed by atoms with Crippen molar-refractivity contribution in [2.24, 2.45) is 0 Å². The minimum atomic E-state index is -0.256. The van der Waals surface area contributed by atoms with E-state index in [1.807, 2.05) is 12.1 Å². The summed E-state index contributed by atoms with van der Waals surface area (Å²) in [6.45, 7) is 4.65. The van der Waals surface area contributed by atoms with E-state index in [1.54, 1.807) is 12.1 Å². The zero-order valence-corrected chi connectivity index (χ0v) is 12.5. The first-order chi connectivity index (χ1) is 9.58. The van der Waals surface area contributed by atoms with Crippen molar-refractivity contribution < 1.29 is 4.39 Å². The maximum absolute atomic E-state index is 13.7. The predicted octanol–water partition coefficient (Wildman–Crippen LogP) is 4.51. The van der Waals surface area contributed by atoms with Gasteiger partial charge >= 0.3 is 0 Å². The molecule has 106 valence electrons. The third kappa shape index (κ3) is 3.81. The first-order valence-electron chi connectivity index (χ1n) is 6.78. The topological polar surface area (TPSA) is 12.0 Å². The van der Waals surface area contributed by atoms with Crippen LogP contribution in [0, 0.1) is 12.7 Å². The van der Waals surface area contributed by atoms with Gasteiger partial charge in [-0.2, -0.15) is 0 Å². The third-order valence-corrected chi connectivity index (χ3v) is 3.83. The minimum Gasteiger partial charge on any atom is -0.310 e. The Balaban J connectivity index is 1.96. The molecule has 0 saturated carbocycles. The van der Waals surface area contributed by atoms with E-state index in [9.17, 15) is 4.39 Å². The molecule has 0 spiro atoms. The molecule has 0 heterocycles. The molecular formula is C17H19ClFN. The average molecular weight is 292 g/mol. The lowest BCUT2D eigenvalue weighted by Gasteiger charge is -2.16. The van der Waals surface area contributed by atoms with Crippen molar-refractivity contribution in [2.75, 3.05) is 0 Å². The van der Waals surface area contributed by atoms with Crippen LogP contribution in [0.15, 0.2) is 42.5 Å². The standard InChI is InChI=1S/C17H19ClFN/c1-12-6-3-4-7-14(12)10-13(2)20-11-15-16(18)8-5-9-17(15)19/h3-9,13,20H,10-11H2,1-2H3. The second-order valence-electron chi connectivity index (χ2n) is 5.11. The van der Waals surface area contributed by atoms with E-state index in [0.29, 0.717) is 17.1 Å². The second kappa shape index (κ2) is 6.87. The van der Waals surface area contributed by atoms with E-state index >= 15 is 0 Å². The number of benzene rings is 2. The van der Waals surface area contributed by atoms with Gasteiger partial charge in [-0.1, -0.05) is 41.9 Å². The zero-order chi connectivity index (χ0) is 14.5. The molecule has 0 aliphatic heterocycles. The smallest absolute Gasteiger partial charge is 0.129 e. The molecular weight excluding hydrogens is 273 g/mol. The number of aryl methyl sites for hydroxylation is 1. The average Bonchev–Trinajstić information content (AvgIpc) is 2.41. The summed E-state index contributed by atoms with van der Waals surface area (Å²) in [7, 11) is 0. The molecule has 0 radical (unpaired) electrons. The molecule has 0 aliphatic rings. The number of rotatable bonds is 5. The van der Waals surface area contributed by atoms with Crippen molar-refractivity contribution in [3.8, 4) is 0 Å². The minimum absolute atomic E-state index is 0.256. The van der Waals surface area contributed by atoms with Crippen LogP contribution in [-0.4, -0.2) is 6.04 Å². The van der Waals surface area contributed by atoms with Gasteiger partial charge in [-0.05, 0) is 43.5 Å². The summed E-state index contributed by atoms with van der Waals surface area (Å²) in [5, 5.41) is 3.80. The SMILES string of the molecule is Cc1ccccc1CC(C)NCc1c(F)cccc1Cl. The molecule has 2 rings (SSSR count). The Kier molecular flexibility index (Phi) is 5.16. The van der Waals surface area contributed by atoms with Crippen LogP contribution in [0.5, 0.6) is 0 Å². The fourth-order valence-corrected chi connectivity index (χ4v) is 2.45. The van der Waals surface area contributed by atoms with Crippen molar-refractivity contribution in [1.82, 2.24) is 5.32 Å². The maximum atomic E-state index is 13.7. The van der Waals surface area contributed by atoms with Crippen LogP contribution in [0.4, 0.5) is 4.39 Å². The lowest BCUT2D eigenvalue weighted by atomic mass is 10.0. The molecule has 2 aromatic rings. The Morgan fingerprint density at radius 1 is 1.15 bits per heavy atom. The molecule has 3 heteroatoms. The molecule has 0 amide bonds. The van der Waals surface area contributed by atoms with Crippen molar-refractivity contribution in [2.45, 2.75) is 32.9 Å². The Morgan fingerprint density at radius 3 is 2.60 bits per heavy atom. The molecule has 0 aliphatic carbocycles. The summed E-state index contributed by atoms with van der Waals surface area (Å²) >= 11 is 6.02. The van der Waals surface area contributed by atoms with E-state index in [4.69, 9.17) is 11.6 Å². The molecule has 2 aromatic carbocycles. The van der Waals surface area contributed by atoms with E-state index < -0.39 is 0 Å². The summed E-state index contributed by atoms with van der Waals surface area (Å²) in [4.78, 5) is 0. The number of nitrogens with one attached hydrogen (secondary N) is 1. The Bertz CT molecular complexity index is 563. The first kappa shape index (κ1) is 15.0. The molecule has 1 N–H and O–H groups in total. The largest absolute Gasteiger partial charge is 0.310 e. The van der Waals surface area contributed by atoms with Crippen LogP contribution >= 0.6 is 11.6 Å². The second-order valence-corrected chi connectivity index (χ2v) is 5.52. The van der Waals surface area contributed by atoms with Gasteiger partial charge in [0, 0.05) is 23.2 Å². The monoisotopic (exact) mass is 291 g/mol. The highest BCUT2D eigenvalue weighted by Crippen LogP contribution is 2.19. The van der Waals surface area contributed by atoms with Gasteiger partial charge in [0.15, 0.2) is 0 Å². The van der Waals surface area contributed by atoms with Crippen LogP contribution < -0.4 is 5.32 Å². The normalized spacial score (nSPS) is 12.4. The van der Waals surface area contributed by atoms with Crippen LogP contribution in [-0.2, 0) is 13.0 Å². The fraction of sp³-hybridized carbons (Fsp3) is 0.294. The molecule has 0 fully saturated rings. The summed E-state index contributed by atoms with van der Waals surface area (Å²) in [5.41, 5.74) is 3.13. The summed E-state index contributed by atoms with van der Waals surface area (Å²) in [6.07, 6.45) is 0.915. The molecule has 0 saturated heterocycles. The molecule has 1 nitrogen and oxygen atoms in total. The van der Waals surface area contributed by atoms with E-state index in [0.717, 1.165) is 6.42 Å². The summed E-state index contributed by atoms with van der Waals surface area (Å²) in [5.74, 6) is -0.256. The van der Waals surface area contributed by atoms with Crippen LogP contribution in [0.25, 0.3) is 0 Å². The predicted molar refractivity (Wildman–Crippen MR) is 82.6 cm³/mol. The highest BCUT2D eigenvalue weighted by atomic mass is 35.5. The van der Waals surface area contributed by atoms with Crippen molar-refractivity contribution in [3.05, 3.63) is 70.0 Å². The van der Waals surface area contributed by atoms with E-state index in [1.165, 1.54) is 17.2 Å². The van der Waals surface area contributed by atoms with Crippen molar-refractivity contribution in [3.63, 3.8) is 0 Å². The Labute approximate surface area is 124 Å². The lowest BCUT2D eigenvalue weighted by molar-refractivity contribution is 0.525. The first-order valence-corrected chi connectivity index (χ1v) is 7.16. The molecule has 1 atom stereocenters. The maximum Gasteiger partial charge on any atom is 0.129 e. The van der Waals surface area contributed by atoms with Gasteiger partial charge < -0.3 is 5.32 Å². The summed E-state index contributed by atoms with van der Waals surface area (Å²) < 4.78 is 13.7. The van der Waals surface area contributed by atoms with Gasteiger partial charge in [0.25, 0.3) is 0 Å². The van der Waals surface area contributed by atoms with Crippen LogP contribution in [0.2, 0.25) is 5.02 Å². The fourth-order valence-electron chi connectivity index (χ4n) is 2.22. The van der Waals surface area contributed by atoms with Gasteiger partial charge in [0.2, 0.25) is 0 Å². The molecule has 20 heavy (non-hydrogen) atoms. The molecule has 0 aromatic heterocycles. The van der Waals surface area contributed by atoms with Gasteiger partial charge in [0.05, 0.1) is 0 Å². The van der Waals surface area contributed by atoms with Crippen LogP contribution in [0.1, 0.15) is 23.6 Å². The van der Waals surface area contributed by atoms with Crippen LogP contribution in [0.3, 0.4) is 0 Å². The van der Waals surface area contributed by atoms with E-state index in [2.05, 4.69) is 31.3 Å². The highest BCUT2D eigenvalue weighted by molar-refractivity contribution is 6.31. The van der Waals surface area contributed by atoms with Gasteiger partial charge in [-0.3, -0.25) is 0 Å². The Hall–Kier alpha value is -1.38. The zero-order valence-electron chi connectivity index (χ0n) is 11.8. The van der Waals surface area contributed by atoms with Crippen molar-refractivity contribution >= 4 is 11.6 Å². The molecule has 0 bridgehead atoms. The van der Waals surface area contributed by atoms with E-state index in [-0.39, 0.29) is 11.9 Å². The quantitative estimate of drug-likeness (QED) is 0.855.